The van der Waals surface area contributed by atoms with Gasteiger partial charge in [0, 0.05) is 27.2 Å². The first kappa shape index (κ1) is 16.7. The molecular weight excluding hydrogens is 336 g/mol. The number of piperazine rings is 1. The Morgan fingerprint density at radius 2 is 1.79 bits per heavy atom. The molecule has 132 valence electrons. The molecule has 2 aliphatic rings. The lowest BCUT2D eigenvalue weighted by Crippen LogP contribution is -2.63. The summed E-state index contributed by atoms with van der Waals surface area (Å²) in [6.07, 6.45) is 1.19. The third-order valence-electron chi connectivity index (χ3n) is 4.51. The zero-order valence-electron chi connectivity index (χ0n) is 13.8. The molecule has 3 heterocycles. The molecule has 2 fully saturated rings. The molecule has 0 N–H and O–H groups in total. The van der Waals surface area contributed by atoms with Crippen LogP contribution in [-0.2, 0) is 9.84 Å². The fourth-order valence-corrected chi connectivity index (χ4v) is 5.33. The normalized spacial score (nSPS) is 25.5. The van der Waals surface area contributed by atoms with Crippen molar-refractivity contribution in [3.8, 4) is 0 Å². The number of aromatic nitrogens is 1. The zero-order valence-corrected chi connectivity index (χ0v) is 14.6. The van der Waals surface area contributed by atoms with Gasteiger partial charge in [-0.25, -0.2) is 18.2 Å². The Balaban J connectivity index is 1.91. The first-order valence-electron chi connectivity index (χ1n) is 7.60. The Hall–Kier alpha value is -2.10. The van der Waals surface area contributed by atoms with Gasteiger partial charge in [-0.1, -0.05) is 0 Å². The van der Waals surface area contributed by atoms with Gasteiger partial charge in [0.1, 0.15) is 5.76 Å². The van der Waals surface area contributed by atoms with Crippen molar-refractivity contribution in [1.82, 2.24) is 19.7 Å². The summed E-state index contributed by atoms with van der Waals surface area (Å²) in [7, 11) is -0.0723. The van der Waals surface area contributed by atoms with Crippen molar-refractivity contribution in [2.75, 3.05) is 38.7 Å². The van der Waals surface area contributed by atoms with Gasteiger partial charge in [0.05, 0.1) is 23.6 Å². The second kappa shape index (κ2) is 5.76. The van der Waals surface area contributed by atoms with Crippen LogP contribution in [0.3, 0.4) is 0 Å². The van der Waals surface area contributed by atoms with Crippen molar-refractivity contribution in [2.45, 2.75) is 19.0 Å². The predicted molar refractivity (Wildman–Crippen MR) is 84.3 cm³/mol. The molecule has 3 amide bonds. The molecule has 3 rings (SSSR count). The first-order chi connectivity index (χ1) is 11.2. The molecule has 0 radical (unpaired) electrons. The highest BCUT2D eigenvalue weighted by Crippen LogP contribution is 2.29. The minimum absolute atomic E-state index is 0.126. The van der Waals surface area contributed by atoms with Gasteiger partial charge in [-0.15, -0.1) is 0 Å². The number of fused-ring (bicyclic) bond motifs is 1. The van der Waals surface area contributed by atoms with Crippen LogP contribution in [0.1, 0.15) is 16.2 Å². The van der Waals surface area contributed by atoms with Gasteiger partial charge < -0.3 is 19.1 Å². The Morgan fingerprint density at radius 1 is 1.21 bits per heavy atom. The van der Waals surface area contributed by atoms with Crippen molar-refractivity contribution in [1.29, 1.82) is 0 Å². The standard InChI is InChI=1S/C14H20N4O5S/c1-9-12(15-8-23-9)13(19)17-4-5-18(14(20)16(2)3)11-7-24(21,22)6-10(11)17/h8,10-11H,4-7H2,1-3H3/t10-,11+/m0/s1. The molecule has 0 aliphatic carbocycles. The molecule has 0 saturated carbocycles. The first-order valence-corrected chi connectivity index (χ1v) is 9.43. The van der Waals surface area contributed by atoms with E-state index in [1.54, 1.807) is 25.9 Å². The summed E-state index contributed by atoms with van der Waals surface area (Å²) < 4.78 is 29.3. The van der Waals surface area contributed by atoms with Gasteiger partial charge in [-0.3, -0.25) is 4.79 Å². The molecular formula is C14H20N4O5S. The van der Waals surface area contributed by atoms with E-state index in [1.807, 2.05) is 0 Å². The topological polar surface area (TPSA) is 104 Å². The molecule has 1 aromatic heterocycles. The lowest BCUT2D eigenvalue weighted by molar-refractivity contribution is 0.0387. The third kappa shape index (κ3) is 2.74. The van der Waals surface area contributed by atoms with Crippen molar-refractivity contribution >= 4 is 21.8 Å². The predicted octanol–water partition coefficient (Wildman–Crippen LogP) is -0.412. The van der Waals surface area contributed by atoms with E-state index in [0.29, 0.717) is 5.76 Å². The Kier molecular flexibility index (Phi) is 4.02. The summed E-state index contributed by atoms with van der Waals surface area (Å²) in [4.78, 5) is 33.5. The lowest BCUT2D eigenvalue weighted by atomic mass is 10.0. The highest BCUT2D eigenvalue weighted by Gasteiger charge is 2.50. The lowest BCUT2D eigenvalue weighted by Gasteiger charge is -2.44. The van der Waals surface area contributed by atoms with Gasteiger partial charge in [0.15, 0.2) is 21.9 Å². The van der Waals surface area contributed by atoms with Crippen LogP contribution in [0.5, 0.6) is 0 Å². The molecule has 0 bridgehead atoms. The highest BCUT2D eigenvalue weighted by atomic mass is 32.2. The second-order valence-corrected chi connectivity index (χ2v) is 8.49. The molecule has 10 heteroatoms. The number of rotatable bonds is 1. The maximum Gasteiger partial charge on any atom is 0.319 e. The molecule has 2 aliphatic heterocycles. The summed E-state index contributed by atoms with van der Waals surface area (Å²) in [5.41, 5.74) is 0.186. The summed E-state index contributed by atoms with van der Waals surface area (Å²) in [6.45, 7) is 2.19. The van der Waals surface area contributed by atoms with Gasteiger partial charge in [-0.2, -0.15) is 0 Å². The summed E-state index contributed by atoms with van der Waals surface area (Å²) in [5.74, 6) is -0.231. The Morgan fingerprint density at radius 3 is 2.33 bits per heavy atom. The average Bonchev–Trinajstić information content (AvgIpc) is 3.06. The van der Waals surface area contributed by atoms with E-state index >= 15 is 0 Å². The fourth-order valence-electron chi connectivity index (χ4n) is 3.35. The summed E-state index contributed by atoms with van der Waals surface area (Å²) in [6, 6.07) is -1.34. The number of aryl methyl sites for hydroxylation is 1. The number of hydrogen-bond acceptors (Lipinski definition) is 6. The number of oxazole rings is 1. The maximum atomic E-state index is 12.7. The summed E-state index contributed by atoms with van der Waals surface area (Å²) >= 11 is 0. The largest absolute Gasteiger partial charge is 0.448 e. The zero-order chi connectivity index (χ0) is 17.6. The van der Waals surface area contributed by atoms with E-state index in [0.717, 1.165) is 0 Å². The van der Waals surface area contributed by atoms with Gasteiger partial charge in [-0.05, 0) is 6.92 Å². The van der Waals surface area contributed by atoms with Crippen LogP contribution in [0.25, 0.3) is 0 Å². The van der Waals surface area contributed by atoms with E-state index < -0.39 is 21.9 Å². The van der Waals surface area contributed by atoms with Crippen LogP contribution >= 0.6 is 0 Å². The number of hydrogen-bond donors (Lipinski definition) is 0. The molecule has 0 unspecified atom stereocenters. The number of urea groups is 1. The SMILES string of the molecule is Cc1ocnc1C(=O)N1CCN(C(=O)N(C)C)[C@@H]2CS(=O)(=O)C[C@@H]21. The Bertz CT molecular complexity index is 772. The number of amides is 3. The maximum absolute atomic E-state index is 12.7. The molecule has 0 spiro atoms. The minimum atomic E-state index is -3.32. The van der Waals surface area contributed by atoms with Gasteiger partial charge in [0.25, 0.3) is 5.91 Å². The van der Waals surface area contributed by atoms with Crippen molar-refractivity contribution in [3.63, 3.8) is 0 Å². The molecule has 24 heavy (non-hydrogen) atoms. The molecule has 1 aromatic rings. The monoisotopic (exact) mass is 356 g/mol. The van der Waals surface area contributed by atoms with E-state index in [-0.39, 0.29) is 42.2 Å². The third-order valence-corrected chi connectivity index (χ3v) is 6.21. The molecule has 0 aromatic carbocycles. The van der Waals surface area contributed by atoms with E-state index in [1.165, 1.54) is 16.2 Å². The van der Waals surface area contributed by atoms with Gasteiger partial charge >= 0.3 is 6.03 Å². The van der Waals surface area contributed by atoms with Crippen molar-refractivity contribution in [2.24, 2.45) is 0 Å². The average molecular weight is 356 g/mol. The number of carbonyl (C=O) groups is 2. The molecule has 9 nitrogen and oxygen atoms in total. The number of sulfone groups is 1. The van der Waals surface area contributed by atoms with Crippen LogP contribution < -0.4 is 0 Å². The number of nitrogens with zero attached hydrogens (tertiary/aromatic N) is 4. The van der Waals surface area contributed by atoms with Crippen molar-refractivity contribution < 1.29 is 22.4 Å². The van der Waals surface area contributed by atoms with E-state index in [2.05, 4.69) is 4.98 Å². The van der Waals surface area contributed by atoms with Crippen molar-refractivity contribution in [3.05, 3.63) is 17.8 Å². The molecule has 2 saturated heterocycles. The molecule has 2 atom stereocenters. The van der Waals surface area contributed by atoms with Crippen LogP contribution in [0.4, 0.5) is 4.79 Å². The van der Waals surface area contributed by atoms with Crippen LogP contribution in [-0.4, -0.2) is 90.8 Å². The second-order valence-electron chi connectivity index (χ2n) is 6.34. The quantitative estimate of drug-likeness (QED) is 0.677. The van der Waals surface area contributed by atoms with Crippen LogP contribution in [0.15, 0.2) is 10.8 Å². The van der Waals surface area contributed by atoms with E-state index in [4.69, 9.17) is 4.42 Å². The summed E-state index contributed by atoms with van der Waals surface area (Å²) in [5, 5.41) is 0. The smallest absolute Gasteiger partial charge is 0.319 e. The highest BCUT2D eigenvalue weighted by molar-refractivity contribution is 7.91. The Labute approximate surface area is 140 Å². The van der Waals surface area contributed by atoms with E-state index in [9.17, 15) is 18.0 Å². The number of carbonyl (C=O) groups excluding carboxylic acids is 2. The fraction of sp³-hybridized carbons (Fsp3) is 0.643. The van der Waals surface area contributed by atoms with Crippen LogP contribution in [0, 0.1) is 6.92 Å². The van der Waals surface area contributed by atoms with Crippen LogP contribution in [0.2, 0.25) is 0 Å². The minimum Gasteiger partial charge on any atom is -0.448 e. The van der Waals surface area contributed by atoms with Gasteiger partial charge in [0.2, 0.25) is 0 Å².